The zero-order valence-electron chi connectivity index (χ0n) is 11.0. The molecular formula is C13H16N4O3. The number of aromatic carboxylic acids is 1. The van der Waals surface area contributed by atoms with Gasteiger partial charge in [-0.15, -0.1) is 5.10 Å². The van der Waals surface area contributed by atoms with E-state index in [1.54, 1.807) is 24.3 Å². The van der Waals surface area contributed by atoms with E-state index in [0.29, 0.717) is 23.4 Å². The molecule has 4 N–H and O–H groups in total. The van der Waals surface area contributed by atoms with Crippen LogP contribution in [0.3, 0.4) is 0 Å². The molecule has 1 atom stereocenters. The summed E-state index contributed by atoms with van der Waals surface area (Å²) in [6.07, 6.45) is -0.0606. The SMILES string of the molecule is CCC(O)Cn1nnc(C(=O)O)c1-c1ccc(N)cc1. The maximum atomic E-state index is 11.2. The third kappa shape index (κ3) is 2.77. The Morgan fingerprint density at radius 3 is 2.60 bits per heavy atom. The van der Waals surface area contributed by atoms with Crippen molar-refractivity contribution in [3.63, 3.8) is 0 Å². The summed E-state index contributed by atoms with van der Waals surface area (Å²) in [7, 11) is 0. The van der Waals surface area contributed by atoms with Gasteiger partial charge in [0, 0.05) is 11.3 Å². The lowest BCUT2D eigenvalue weighted by atomic mass is 10.1. The molecule has 0 fully saturated rings. The molecule has 7 nitrogen and oxygen atoms in total. The fourth-order valence-corrected chi connectivity index (χ4v) is 1.84. The highest BCUT2D eigenvalue weighted by Gasteiger charge is 2.21. The number of nitrogens with two attached hydrogens (primary N) is 1. The average Bonchev–Trinajstić information content (AvgIpc) is 2.83. The number of carboxylic acid groups (broad SMARTS) is 1. The lowest BCUT2D eigenvalue weighted by Crippen LogP contribution is -2.17. The second-order valence-corrected chi connectivity index (χ2v) is 4.46. The Morgan fingerprint density at radius 1 is 1.40 bits per heavy atom. The summed E-state index contributed by atoms with van der Waals surface area (Å²) in [6.45, 7) is 2.03. The van der Waals surface area contributed by atoms with E-state index in [1.807, 2.05) is 6.92 Å². The first-order chi connectivity index (χ1) is 9.52. The molecule has 0 saturated heterocycles. The normalized spacial score (nSPS) is 12.3. The van der Waals surface area contributed by atoms with Crippen molar-refractivity contribution >= 4 is 11.7 Å². The van der Waals surface area contributed by atoms with Crippen molar-refractivity contribution in [1.29, 1.82) is 0 Å². The number of rotatable bonds is 5. The van der Waals surface area contributed by atoms with Crippen molar-refractivity contribution in [2.75, 3.05) is 5.73 Å². The van der Waals surface area contributed by atoms with Gasteiger partial charge in [0.05, 0.1) is 12.6 Å². The number of nitrogen functional groups attached to an aromatic ring is 1. The molecule has 0 saturated carbocycles. The van der Waals surface area contributed by atoms with E-state index in [9.17, 15) is 15.0 Å². The lowest BCUT2D eigenvalue weighted by molar-refractivity contribution is 0.0691. The number of carboxylic acids is 1. The molecule has 1 heterocycles. The standard InChI is InChI=1S/C13H16N4O3/c1-2-10(18)7-17-12(11(13(19)20)15-16-17)8-3-5-9(14)6-4-8/h3-6,10,18H,2,7,14H2,1H3,(H,19,20). The van der Waals surface area contributed by atoms with E-state index in [0.717, 1.165) is 0 Å². The number of carbonyl (C=O) groups is 1. The minimum absolute atomic E-state index is 0.141. The zero-order valence-corrected chi connectivity index (χ0v) is 11.0. The summed E-state index contributed by atoms with van der Waals surface area (Å²) < 4.78 is 1.41. The maximum absolute atomic E-state index is 11.2. The van der Waals surface area contributed by atoms with Crippen LogP contribution in [0.1, 0.15) is 23.8 Å². The molecular weight excluding hydrogens is 260 g/mol. The van der Waals surface area contributed by atoms with Gasteiger partial charge in [0.15, 0.2) is 5.69 Å². The molecule has 106 valence electrons. The summed E-state index contributed by atoms with van der Waals surface area (Å²) in [5.41, 5.74) is 7.07. The molecule has 2 aromatic rings. The first-order valence-corrected chi connectivity index (χ1v) is 6.23. The smallest absolute Gasteiger partial charge is 0.358 e. The topological polar surface area (TPSA) is 114 Å². The predicted molar refractivity (Wildman–Crippen MR) is 73.1 cm³/mol. The van der Waals surface area contributed by atoms with Crippen LogP contribution in [0.4, 0.5) is 5.69 Å². The van der Waals surface area contributed by atoms with Crippen molar-refractivity contribution in [2.24, 2.45) is 0 Å². The molecule has 1 unspecified atom stereocenters. The Hall–Kier alpha value is -2.41. The number of aliphatic hydroxyl groups is 1. The summed E-state index contributed by atoms with van der Waals surface area (Å²) in [6, 6.07) is 6.76. The number of aliphatic hydroxyl groups excluding tert-OH is 1. The van der Waals surface area contributed by atoms with E-state index in [2.05, 4.69) is 10.3 Å². The van der Waals surface area contributed by atoms with Crippen molar-refractivity contribution in [2.45, 2.75) is 26.0 Å². The van der Waals surface area contributed by atoms with Crippen LogP contribution in [0, 0.1) is 0 Å². The molecule has 1 aromatic carbocycles. The second kappa shape index (κ2) is 5.70. The average molecular weight is 276 g/mol. The Bertz CT molecular complexity index is 607. The zero-order chi connectivity index (χ0) is 14.7. The van der Waals surface area contributed by atoms with Crippen molar-refractivity contribution in [3.8, 4) is 11.3 Å². The van der Waals surface area contributed by atoms with E-state index in [4.69, 9.17) is 5.73 Å². The van der Waals surface area contributed by atoms with Crippen LogP contribution in [0.15, 0.2) is 24.3 Å². The summed E-state index contributed by atoms with van der Waals surface area (Å²) in [5.74, 6) is -1.16. The molecule has 0 spiro atoms. The third-order valence-corrected chi connectivity index (χ3v) is 2.98. The molecule has 7 heteroatoms. The summed E-state index contributed by atoms with van der Waals surface area (Å²) >= 11 is 0. The molecule has 0 amide bonds. The van der Waals surface area contributed by atoms with Crippen LogP contribution in [0.5, 0.6) is 0 Å². The highest BCUT2D eigenvalue weighted by molar-refractivity contribution is 5.92. The largest absolute Gasteiger partial charge is 0.476 e. The lowest BCUT2D eigenvalue weighted by Gasteiger charge is -2.11. The first-order valence-electron chi connectivity index (χ1n) is 6.23. The number of nitrogens with zero attached hydrogens (tertiary/aromatic N) is 3. The van der Waals surface area contributed by atoms with Crippen LogP contribution in [0.25, 0.3) is 11.3 Å². The Balaban J connectivity index is 2.49. The molecule has 0 aliphatic carbocycles. The fourth-order valence-electron chi connectivity index (χ4n) is 1.84. The highest BCUT2D eigenvalue weighted by atomic mass is 16.4. The number of aromatic nitrogens is 3. The Kier molecular flexibility index (Phi) is 3.99. The van der Waals surface area contributed by atoms with Gasteiger partial charge >= 0.3 is 5.97 Å². The van der Waals surface area contributed by atoms with Crippen molar-refractivity contribution in [1.82, 2.24) is 15.0 Å². The molecule has 0 aliphatic rings. The van der Waals surface area contributed by atoms with Gasteiger partial charge in [-0.05, 0) is 18.6 Å². The van der Waals surface area contributed by atoms with Gasteiger partial charge in [-0.25, -0.2) is 9.48 Å². The fraction of sp³-hybridized carbons (Fsp3) is 0.308. The second-order valence-electron chi connectivity index (χ2n) is 4.46. The van der Waals surface area contributed by atoms with Gasteiger partial charge in [-0.3, -0.25) is 0 Å². The van der Waals surface area contributed by atoms with E-state index in [1.165, 1.54) is 4.68 Å². The third-order valence-electron chi connectivity index (χ3n) is 2.98. The van der Waals surface area contributed by atoms with Gasteiger partial charge in [-0.2, -0.15) is 0 Å². The quantitative estimate of drug-likeness (QED) is 0.702. The Morgan fingerprint density at radius 2 is 2.05 bits per heavy atom. The van der Waals surface area contributed by atoms with Gasteiger partial charge < -0.3 is 15.9 Å². The van der Waals surface area contributed by atoms with Crippen LogP contribution in [-0.2, 0) is 6.54 Å². The number of hydrogen-bond acceptors (Lipinski definition) is 5. The number of benzene rings is 1. The van der Waals surface area contributed by atoms with Gasteiger partial charge in [-0.1, -0.05) is 24.3 Å². The molecule has 0 aliphatic heterocycles. The number of anilines is 1. The van der Waals surface area contributed by atoms with Gasteiger partial charge in [0.2, 0.25) is 0 Å². The predicted octanol–water partition coefficient (Wildman–Crippen LogP) is 0.996. The van der Waals surface area contributed by atoms with Gasteiger partial charge in [0.1, 0.15) is 5.69 Å². The number of hydrogen-bond donors (Lipinski definition) is 3. The molecule has 20 heavy (non-hydrogen) atoms. The van der Waals surface area contributed by atoms with Crippen molar-refractivity contribution < 1.29 is 15.0 Å². The first kappa shape index (κ1) is 14.0. The minimum atomic E-state index is -1.16. The summed E-state index contributed by atoms with van der Waals surface area (Å²) in [4.78, 5) is 11.2. The van der Waals surface area contributed by atoms with Gasteiger partial charge in [0.25, 0.3) is 0 Å². The van der Waals surface area contributed by atoms with E-state index < -0.39 is 12.1 Å². The van der Waals surface area contributed by atoms with Crippen LogP contribution in [-0.4, -0.2) is 37.3 Å². The maximum Gasteiger partial charge on any atom is 0.358 e. The van der Waals surface area contributed by atoms with Crippen LogP contribution < -0.4 is 5.73 Å². The summed E-state index contributed by atoms with van der Waals surface area (Å²) in [5, 5.41) is 26.4. The van der Waals surface area contributed by atoms with E-state index >= 15 is 0 Å². The van der Waals surface area contributed by atoms with Crippen LogP contribution >= 0.6 is 0 Å². The van der Waals surface area contributed by atoms with Crippen molar-refractivity contribution in [3.05, 3.63) is 30.0 Å². The van der Waals surface area contributed by atoms with E-state index in [-0.39, 0.29) is 12.2 Å². The highest BCUT2D eigenvalue weighted by Crippen LogP contribution is 2.23. The Labute approximate surface area is 115 Å². The molecule has 0 bridgehead atoms. The minimum Gasteiger partial charge on any atom is -0.476 e. The molecule has 0 radical (unpaired) electrons. The monoisotopic (exact) mass is 276 g/mol. The molecule has 1 aromatic heterocycles. The molecule has 2 rings (SSSR count). The van der Waals surface area contributed by atoms with Crippen LogP contribution in [0.2, 0.25) is 0 Å².